The van der Waals surface area contributed by atoms with Crippen molar-refractivity contribution in [3.05, 3.63) is 18.5 Å². The van der Waals surface area contributed by atoms with E-state index in [1.807, 2.05) is 11.0 Å². The van der Waals surface area contributed by atoms with Crippen molar-refractivity contribution < 1.29 is 9.47 Å². The molecule has 1 saturated carbocycles. The second-order valence-electron chi connectivity index (χ2n) is 7.17. The number of rotatable bonds is 2. The zero-order valence-corrected chi connectivity index (χ0v) is 15.2. The van der Waals surface area contributed by atoms with Crippen LogP contribution in [0, 0.1) is 11.3 Å². The molecule has 0 amide bonds. The lowest BCUT2D eigenvalue weighted by atomic mass is 9.74. The molecule has 1 fully saturated rings. The van der Waals surface area contributed by atoms with Gasteiger partial charge in [-0.3, -0.25) is 5.41 Å². The van der Waals surface area contributed by atoms with Crippen molar-refractivity contribution in [1.82, 2.24) is 15.0 Å². The molecule has 0 radical (unpaired) electrons. The zero-order valence-electron chi connectivity index (χ0n) is 15.2. The van der Waals surface area contributed by atoms with Gasteiger partial charge in [-0.15, -0.1) is 0 Å². The fourth-order valence-corrected chi connectivity index (χ4v) is 4.16. The Balaban J connectivity index is 1.63. The van der Waals surface area contributed by atoms with Gasteiger partial charge >= 0.3 is 0 Å². The average molecular weight is 367 g/mol. The summed E-state index contributed by atoms with van der Waals surface area (Å²) in [5, 5.41) is 11.1. The molecular weight excluding hydrogens is 346 g/mol. The van der Waals surface area contributed by atoms with E-state index in [1.165, 1.54) is 6.34 Å². The highest BCUT2D eigenvalue weighted by molar-refractivity contribution is 5.80. The molecule has 6 aliphatic rings. The van der Waals surface area contributed by atoms with Crippen LogP contribution in [0.15, 0.2) is 18.5 Å². The van der Waals surface area contributed by atoms with E-state index in [1.54, 1.807) is 19.5 Å². The van der Waals surface area contributed by atoms with Crippen molar-refractivity contribution in [1.29, 1.82) is 5.41 Å². The van der Waals surface area contributed by atoms with Crippen molar-refractivity contribution in [2.24, 2.45) is 5.92 Å². The predicted octanol–water partition coefficient (Wildman–Crippen LogP) is 2.03. The molecule has 8 rings (SSSR count). The standard InChI is InChI=1S/C18H21N7O2/c1-24-13-8-27-15-7-21-18(23-17(15)24)22-11-5-14(26-2)16(20-6-11)25(9-19)12-3-10(13)4-12/h5-7,9-10,12-13,19H,3-4,8H2,1-2H3,(H,21,22,23). The Bertz CT molecular complexity index is 899. The maximum Gasteiger partial charge on any atom is 0.229 e. The van der Waals surface area contributed by atoms with Crippen LogP contribution < -0.4 is 24.6 Å². The summed E-state index contributed by atoms with van der Waals surface area (Å²) < 4.78 is 11.5. The number of hydrogen-bond donors (Lipinski definition) is 2. The highest BCUT2D eigenvalue weighted by Crippen LogP contribution is 2.43. The van der Waals surface area contributed by atoms with Gasteiger partial charge < -0.3 is 24.6 Å². The number of anilines is 4. The normalized spacial score (nSPS) is 25.2. The van der Waals surface area contributed by atoms with Gasteiger partial charge in [0.05, 0.1) is 37.6 Å². The molecule has 9 nitrogen and oxygen atoms in total. The molecule has 2 aromatic heterocycles. The molecule has 27 heavy (non-hydrogen) atoms. The minimum atomic E-state index is 0.228. The minimum Gasteiger partial charge on any atom is -0.493 e. The number of nitrogens with one attached hydrogen (secondary N) is 2. The fourth-order valence-electron chi connectivity index (χ4n) is 4.16. The number of likely N-dealkylation sites (N-methyl/N-ethyl adjacent to an activating group) is 1. The predicted molar refractivity (Wildman–Crippen MR) is 102 cm³/mol. The number of hydrogen-bond acceptors (Lipinski definition) is 8. The van der Waals surface area contributed by atoms with Crippen LogP contribution in [0.25, 0.3) is 0 Å². The largest absolute Gasteiger partial charge is 0.493 e. The molecule has 2 N–H and O–H groups in total. The summed E-state index contributed by atoms with van der Waals surface area (Å²) in [5.41, 5.74) is 0.722. The molecule has 2 aromatic rings. The van der Waals surface area contributed by atoms with Crippen LogP contribution in [0.2, 0.25) is 0 Å². The Morgan fingerprint density at radius 1 is 1.30 bits per heavy atom. The van der Waals surface area contributed by atoms with E-state index >= 15 is 0 Å². The van der Waals surface area contributed by atoms with Gasteiger partial charge in [-0.05, 0) is 18.8 Å². The minimum absolute atomic E-state index is 0.228. The van der Waals surface area contributed by atoms with Gasteiger partial charge in [-0.2, -0.15) is 4.98 Å². The van der Waals surface area contributed by atoms with Crippen LogP contribution in [0.4, 0.5) is 23.3 Å². The van der Waals surface area contributed by atoms with Crippen LogP contribution >= 0.6 is 0 Å². The number of methoxy groups -OCH3 is 1. The van der Waals surface area contributed by atoms with Crippen molar-refractivity contribution >= 4 is 29.6 Å². The second-order valence-corrected chi connectivity index (χ2v) is 7.17. The molecule has 7 bridgehead atoms. The summed E-state index contributed by atoms with van der Waals surface area (Å²) in [6.45, 7) is 0.622. The lowest BCUT2D eigenvalue weighted by Crippen LogP contribution is -2.55. The highest BCUT2D eigenvalue weighted by atomic mass is 16.5. The highest BCUT2D eigenvalue weighted by Gasteiger charge is 2.43. The van der Waals surface area contributed by atoms with E-state index in [2.05, 4.69) is 32.2 Å². The topological polar surface area (TPSA) is 99.5 Å². The smallest absolute Gasteiger partial charge is 0.229 e. The molecule has 9 heteroatoms. The SMILES string of the molecule is COc1cc2cnc1N(C=N)C1CC(C1)C1COc3cnc(nc3N1C)N2. The van der Waals surface area contributed by atoms with Crippen LogP contribution in [0.1, 0.15) is 12.8 Å². The van der Waals surface area contributed by atoms with Crippen LogP contribution in [0.5, 0.6) is 11.5 Å². The van der Waals surface area contributed by atoms with E-state index in [9.17, 15) is 0 Å². The van der Waals surface area contributed by atoms with Gasteiger partial charge in [0, 0.05) is 19.2 Å². The molecule has 0 saturated heterocycles. The van der Waals surface area contributed by atoms with Gasteiger partial charge in [0.1, 0.15) is 6.61 Å². The van der Waals surface area contributed by atoms with Gasteiger partial charge in [0.15, 0.2) is 23.1 Å². The molecule has 1 aliphatic carbocycles. The van der Waals surface area contributed by atoms with E-state index in [0.29, 0.717) is 35.8 Å². The molecule has 7 heterocycles. The molecule has 0 spiro atoms. The third-order valence-corrected chi connectivity index (χ3v) is 5.76. The Hall–Kier alpha value is -3.10. The lowest BCUT2D eigenvalue weighted by Gasteiger charge is -2.48. The fraction of sp³-hybridized carbons (Fsp3) is 0.444. The Labute approximate surface area is 156 Å². The molecule has 5 aliphatic heterocycles. The van der Waals surface area contributed by atoms with Crippen LogP contribution in [0.3, 0.4) is 0 Å². The first-order valence-electron chi connectivity index (χ1n) is 9.00. The quantitative estimate of drug-likeness (QED) is 0.614. The Morgan fingerprint density at radius 3 is 2.93 bits per heavy atom. The number of ether oxygens (including phenoxy) is 2. The van der Waals surface area contributed by atoms with Gasteiger partial charge in [0.25, 0.3) is 0 Å². The Kier molecular flexibility index (Phi) is 3.56. The van der Waals surface area contributed by atoms with Crippen molar-refractivity contribution in [3.8, 4) is 11.5 Å². The number of aromatic nitrogens is 3. The first-order chi connectivity index (χ1) is 13.2. The van der Waals surface area contributed by atoms with E-state index < -0.39 is 0 Å². The maximum absolute atomic E-state index is 7.91. The summed E-state index contributed by atoms with van der Waals surface area (Å²) in [7, 11) is 3.68. The van der Waals surface area contributed by atoms with Crippen LogP contribution in [-0.4, -0.2) is 54.1 Å². The summed E-state index contributed by atoms with van der Waals surface area (Å²) in [6.07, 6.45) is 6.69. The van der Waals surface area contributed by atoms with E-state index in [-0.39, 0.29) is 12.1 Å². The molecular formula is C18H21N7O2. The first kappa shape index (κ1) is 16.1. The zero-order chi connectivity index (χ0) is 18.5. The molecule has 1 unspecified atom stereocenters. The summed E-state index contributed by atoms with van der Waals surface area (Å²) in [4.78, 5) is 17.7. The van der Waals surface area contributed by atoms with Gasteiger partial charge in [-0.25, -0.2) is 9.97 Å². The lowest BCUT2D eigenvalue weighted by molar-refractivity contribution is 0.153. The maximum atomic E-state index is 7.91. The third-order valence-electron chi connectivity index (χ3n) is 5.76. The number of pyridine rings is 1. The van der Waals surface area contributed by atoms with Gasteiger partial charge in [-0.1, -0.05) is 0 Å². The van der Waals surface area contributed by atoms with E-state index in [4.69, 9.17) is 14.9 Å². The van der Waals surface area contributed by atoms with Gasteiger partial charge in [0.2, 0.25) is 5.95 Å². The van der Waals surface area contributed by atoms with Crippen LogP contribution in [-0.2, 0) is 0 Å². The Morgan fingerprint density at radius 2 is 2.15 bits per heavy atom. The summed E-state index contributed by atoms with van der Waals surface area (Å²) in [6, 6.07) is 2.33. The molecule has 0 aromatic carbocycles. The van der Waals surface area contributed by atoms with Crippen molar-refractivity contribution in [2.45, 2.75) is 24.9 Å². The average Bonchev–Trinajstić information content (AvgIpc) is 2.65. The number of nitrogens with zero attached hydrogens (tertiary/aromatic N) is 5. The summed E-state index contributed by atoms with van der Waals surface area (Å²) in [5.74, 6) is 3.72. The third kappa shape index (κ3) is 2.45. The van der Waals surface area contributed by atoms with Crippen molar-refractivity contribution in [2.75, 3.05) is 35.9 Å². The summed E-state index contributed by atoms with van der Waals surface area (Å²) >= 11 is 0. The monoisotopic (exact) mass is 367 g/mol. The van der Waals surface area contributed by atoms with Crippen molar-refractivity contribution in [3.63, 3.8) is 0 Å². The molecule has 1 atom stereocenters. The molecule has 140 valence electrons. The van der Waals surface area contributed by atoms with E-state index in [0.717, 1.165) is 24.3 Å². The second kappa shape index (κ2) is 5.97. The first-order valence-corrected chi connectivity index (χ1v) is 9.00.